The first-order valence-corrected chi connectivity index (χ1v) is 7.78. The standard InChI is InChI=1S/C21H22O/c1-13-14(2)16(4)20(15(13)3)19-12-8-11-18(21(19)22)17-9-6-5-7-10-17/h5-12,15,22H,1-4H3. The van der Waals surface area contributed by atoms with Gasteiger partial charge in [-0.1, -0.05) is 61.0 Å². The molecule has 2 aromatic rings. The lowest BCUT2D eigenvalue weighted by Crippen LogP contribution is -1.98. The summed E-state index contributed by atoms with van der Waals surface area (Å²) in [7, 11) is 0. The van der Waals surface area contributed by atoms with Crippen LogP contribution in [0.1, 0.15) is 33.3 Å². The van der Waals surface area contributed by atoms with E-state index < -0.39 is 0 Å². The van der Waals surface area contributed by atoms with Crippen molar-refractivity contribution in [3.8, 4) is 16.9 Å². The third-order valence-corrected chi connectivity index (χ3v) is 5.05. The van der Waals surface area contributed by atoms with Crippen LogP contribution < -0.4 is 0 Å². The lowest BCUT2D eigenvalue weighted by atomic mass is 9.89. The average molecular weight is 290 g/mol. The van der Waals surface area contributed by atoms with Crippen LogP contribution in [0.15, 0.2) is 65.3 Å². The Bertz CT molecular complexity index is 779. The van der Waals surface area contributed by atoms with E-state index in [2.05, 4.69) is 27.7 Å². The smallest absolute Gasteiger partial charge is 0.130 e. The predicted octanol–water partition coefficient (Wildman–Crippen LogP) is 5.82. The Morgan fingerprint density at radius 3 is 2.00 bits per heavy atom. The van der Waals surface area contributed by atoms with Crippen molar-refractivity contribution in [2.24, 2.45) is 5.92 Å². The van der Waals surface area contributed by atoms with E-state index >= 15 is 0 Å². The van der Waals surface area contributed by atoms with E-state index in [9.17, 15) is 5.11 Å². The molecular weight excluding hydrogens is 268 g/mol. The Balaban J connectivity index is 2.16. The predicted molar refractivity (Wildman–Crippen MR) is 93.7 cm³/mol. The molecule has 1 heteroatoms. The van der Waals surface area contributed by atoms with E-state index in [1.54, 1.807) is 0 Å². The maximum Gasteiger partial charge on any atom is 0.130 e. The summed E-state index contributed by atoms with van der Waals surface area (Å²) in [6, 6.07) is 16.1. The number of para-hydroxylation sites is 1. The van der Waals surface area contributed by atoms with Crippen LogP contribution in [0.25, 0.3) is 16.7 Å². The van der Waals surface area contributed by atoms with Gasteiger partial charge in [0.2, 0.25) is 0 Å². The Labute approximate surface area is 132 Å². The number of aromatic hydroxyl groups is 1. The number of rotatable bonds is 2. The van der Waals surface area contributed by atoms with Crippen LogP contribution in [-0.2, 0) is 0 Å². The van der Waals surface area contributed by atoms with Gasteiger partial charge in [0.25, 0.3) is 0 Å². The van der Waals surface area contributed by atoms with Crippen molar-refractivity contribution in [2.75, 3.05) is 0 Å². The summed E-state index contributed by atoms with van der Waals surface area (Å²) in [5.41, 5.74) is 8.21. The molecule has 0 radical (unpaired) electrons. The van der Waals surface area contributed by atoms with Gasteiger partial charge in [-0.2, -0.15) is 0 Å². The normalized spacial score (nSPS) is 18.3. The number of phenolic OH excluding ortho intramolecular Hbond substituents is 1. The molecule has 0 bridgehead atoms. The minimum atomic E-state index is 0.358. The third kappa shape index (κ3) is 2.18. The first-order chi connectivity index (χ1) is 10.5. The molecule has 0 heterocycles. The molecule has 112 valence electrons. The van der Waals surface area contributed by atoms with Gasteiger partial charge in [0.05, 0.1) is 0 Å². The molecule has 1 atom stereocenters. The number of allylic oxidation sites excluding steroid dienone is 4. The zero-order valence-electron chi connectivity index (χ0n) is 13.6. The van der Waals surface area contributed by atoms with E-state index in [0.717, 1.165) is 16.7 Å². The summed E-state index contributed by atoms with van der Waals surface area (Å²) >= 11 is 0. The highest BCUT2D eigenvalue weighted by Gasteiger charge is 2.27. The molecular formula is C21H22O. The summed E-state index contributed by atoms with van der Waals surface area (Å²) < 4.78 is 0. The molecule has 1 unspecified atom stereocenters. The summed E-state index contributed by atoms with van der Waals surface area (Å²) in [5, 5.41) is 10.9. The first kappa shape index (κ1) is 14.6. The van der Waals surface area contributed by atoms with Gasteiger partial charge in [-0.3, -0.25) is 0 Å². The van der Waals surface area contributed by atoms with Gasteiger partial charge in [-0.15, -0.1) is 0 Å². The van der Waals surface area contributed by atoms with Gasteiger partial charge < -0.3 is 5.11 Å². The fourth-order valence-electron chi connectivity index (χ4n) is 3.41. The topological polar surface area (TPSA) is 20.2 Å². The molecule has 0 amide bonds. The van der Waals surface area contributed by atoms with Gasteiger partial charge in [-0.25, -0.2) is 0 Å². The molecule has 1 nitrogen and oxygen atoms in total. The maximum atomic E-state index is 10.9. The molecule has 2 aromatic carbocycles. The van der Waals surface area contributed by atoms with Crippen LogP contribution in [0.2, 0.25) is 0 Å². The van der Waals surface area contributed by atoms with Crippen molar-refractivity contribution in [3.05, 3.63) is 70.8 Å². The van der Waals surface area contributed by atoms with Crippen LogP contribution in [0.3, 0.4) is 0 Å². The van der Waals surface area contributed by atoms with Crippen LogP contribution in [0, 0.1) is 5.92 Å². The third-order valence-electron chi connectivity index (χ3n) is 5.05. The monoisotopic (exact) mass is 290 g/mol. The van der Waals surface area contributed by atoms with Crippen molar-refractivity contribution in [1.82, 2.24) is 0 Å². The molecule has 1 aliphatic carbocycles. The van der Waals surface area contributed by atoms with Crippen LogP contribution >= 0.6 is 0 Å². The average Bonchev–Trinajstić information content (AvgIpc) is 2.73. The summed E-state index contributed by atoms with van der Waals surface area (Å²) in [6.45, 7) is 8.74. The van der Waals surface area contributed by atoms with E-state index in [1.165, 1.54) is 22.3 Å². The summed E-state index contributed by atoms with van der Waals surface area (Å²) in [4.78, 5) is 0. The molecule has 0 aromatic heterocycles. The fraction of sp³-hybridized carbons (Fsp3) is 0.238. The van der Waals surface area contributed by atoms with Crippen LogP contribution in [-0.4, -0.2) is 5.11 Å². The molecule has 1 aliphatic rings. The van der Waals surface area contributed by atoms with Gasteiger partial charge in [0.15, 0.2) is 0 Å². The molecule has 1 N–H and O–H groups in total. The highest BCUT2D eigenvalue weighted by molar-refractivity contribution is 5.86. The van der Waals surface area contributed by atoms with Crippen molar-refractivity contribution < 1.29 is 5.11 Å². The van der Waals surface area contributed by atoms with Crippen LogP contribution in [0.4, 0.5) is 0 Å². The van der Waals surface area contributed by atoms with Crippen molar-refractivity contribution in [1.29, 1.82) is 0 Å². The number of phenols is 1. The first-order valence-electron chi connectivity index (χ1n) is 7.78. The van der Waals surface area contributed by atoms with Crippen molar-refractivity contribution in [2.45, 2.75) is 27.7 Å². The minimum absolute atomic E-state index is 0.358. The number of hydrogen-bond donors (Lipinski definition) is 1. The second-order valence-electron chi connectivity index (χ2n) is 6.14. The molecule has 0 spiro atoms. The second-order valence-corrected chi connectivity index (χ2v) is 6.14. The van der Waals surface area contributed by atoms with Gasteiger partial charge in [-0.05, 0) is 43.1 Å². The maximum absolute atomic E-state index is 10.9. The Hall–Kier alpha value is -2.28. The molecule has 0 saturated carbocycles. The van der Waals surface area contributed by atoms with Gasteiger partial charge in [0, 0.05) is 17.0 Å². The lowest BCUT2D eigenvalue weighted by Gasteiger charge is -2.17. The van der Waals surface area contributed by atoms with Gasteiger partial charge >= 0.3 is 0 Å². The summed E-state index contributed by atoms with van der Waals surface area (Å²) in [6.07, 6.45) is 0. The van der Waals surface area contributed by atoms with E-state index in [-0.39, 0.29) is 0 Å². The number of hydrogen-bond acceptors (Lipinski definition) is 1. The Morgan fingerprint density at radius 2 is 1.41 bits per heavy atom. The SMILES string of the molecule is CC1=C(C)C(C)C(c2cccc(-c3ccccc3)c2O)=C1C. The highest BCUT2D eigenvalue weighted by atomic mass is 16.3. The minimum Gasteiger partial charge on any atom is -0.507 e. The lowest BCUT2D eigenvalue weighted by molar-refractivity contribution is 0.475. The van der Waals surface area contributed by atoms with E-state index in [1.807, 2.05) is 48.5 Å². The highest BCUT2D eigenvalue weighted by Crippen LogP contribution is 2.46. The second kappa shape index (κ2) is 5.49. The van der Waals surface area contributed by atoms with Crippen molar-refractivity contribution in [3.63, 3.8) is 0 Å². The molecule has 0 fully saturated rings. The Kier molecular flexibility index (Phi) is 3.66. The zero-order valence-corrected chi connectivity index (χ0v) is 13.6. The Morgan fingerprint density at radius 1 is 0.773 bits per heavy atom. The zero-order chi connectivity index (χ0) is 15.9. The largest absolute Gasteiger partial charge is 0.507 e. The fourth-order valence-corrected chi connectivity index (χ4v) is 3.41. The van der Waals surface area contributed by atoms with Crippen LogP contribution in [0.5, 0.6) is 5.75 Å². The molecule has 0 saturated heterocycles. The van der Waals surface area contributed by atoms with E-state index in [0.29, 0.717) is 11.7 Å². The van der Waals surface area contributed by atoms with Crippen molar-refractivity contribution >= 4 is 5.57 Å². The summed E-state index contributed by atoms with van der Waals surface area (Å²) in [5.74, 6) is 0.745. The quantitative estimate of drug-likeness (QED) is 0.739. The molecule has 22 heavy (non-hydrogen) atoms. The van der Waals surface area contributed by atoms with Gasteiger partial charge in [0.1, 0.15) is 5.75 Å². The van der Waals surface area contributed by atoms with E-state index in [4.69, 9.17) is 0 Å². The molecule has 3 rings (SSSR count). The molecule has 0 aliphatic heterocycles. The number of benzene rings is 2.